The molecule has 0 aliphatic heterocycles. The van der Waals surface area contributed by atoms with Crippen LogP contribution in [-0.2, 0) is 14.3 Å². The summed E-state index contributed by atoms with van der Waals surface area (Å²) >= 11 is 5.77. The minimum absolute atomic E-state index is 0.0101. The van der Waals surface area contributed by atoms with E-state index in [-0.39, 0.29) is 30.4 Å². The Morgan fingerprint density at radius 1 is 1.18 bits per heavy atom. The Labute approximate surface area is 134 Å². The molecule has 1 N–H and O–H groups in total. The molecule has 0 spiro atoms. The van der Waals surface area contributed by atoms with Crippen LogP contribution in [0.25, 0.3) is 0 Å². The smallest absolute Gasteiger partial charge is 0.325 e. The first-order valence-electron chi connectivity index (χ1n) is 7.36. The summed E-state index contributed by atoms with van der Waals surface area (Å²) in [5.41, 5.74) is 0. The fraction of sp³-hybridized carbons (Fsp3) is 0.500. The van der Waals surface area contributed by atoms with Crippen molar-refractivity contribution in [3.63, 3.8) is 0 Å². The highest BCUT2D eigenvalue weighted by atomic mass is 35.5. The molecule has 1 aromatic carbocycles. The second kappa shape index (κ2) is 8.15. The number of nitrogens with one attached hydrogen (secondary N) is 1. The maximum absolute atomic E-state index is 11.8. The Hall–Kier alpha value is -1.59. The Bertz CT molecular complexity index is 509. The van der Waals surface area contributed by atoms with Crippen LogP contribution in [0.5, 0.6) is 5.75 Å². The van der Waals surface area contributed by atoms with Gasteiger partial charge in [-0.05, 0) is 49.9 Å². The minimum atomic E-state index is -0.336. The molecule has 0 atom stereocenters. The molecule has 0 amide bonds. The number of rotatable bonds is 5. The van der Waals surface area contributed by atoms with Gasteiger partial charge in [-0.15, -0.1) is 0 Å². The maximum Gasteiger partial charge on any atom is 0.325 e. The minimum Gasteiger partial charge on any atom is -0.469 e. The summed E-state index contributed by atoms with van der Waals surface area (Å²) in [6.45, 7) is 0.149. The van der Waals surface area contributed by atoms with Gasteiger partial charge in [0.25, 0.3) is 0 Å². The Balaban J connectivity index is 1.69. The van der Waals surface area contributed by atoms with Crippen molar-refractivity contribution in [3.05, 3.63) is 29.3 Å². The van der Waals surface area contributed by atoms with Crippen molar-refractivity contribution in [1.29, 1.82) is 0 Å². The molecule has 1 aliphatic carbocycles. The number of esters is 2. The summed E-state index contributed by atoms with van der Waals surface area (Å²) in [6, 6.07) is 6.89. The first-order chi connectivity index (χ1) is 10.6. The Morgan fingerprint density at radius 3 is 2.41 bits per heavy atom. The Morgan fingerprint density at radius 2 is 1.82 bits per heavy atom. The van der Waals surface area contributed by atoms with E-state index in [9.17, 15) is 9.59 Å². The summed E-state index contributed by atoms with van der Waals surface area (Å²) in [4.78, 5) is 23.2. The van der Waals surface area contributed by atoms with Crippen LogP contribution in [-0.4, -0.2) is 31.6 Å². The number of carbonyl (C=O) groups is 2. The summed E-state index contributed by atoms with van der Waals surface area (Å²) in [7, 11) is 1.42. The van der Waals surface area contributed by atoms with Crippen molar-refractivity contribution in [1.82, 2.24) is 5.32 Å². The third-order valence-electron chi connectivity index (χ3n) is 3.84. The van der Waals surface area contributed by atoms with Crippen molar-refractivity contribution < 1.29 is 19.1 Å². The molecule has 0 radical (unpaired) electrons. The second-order valence-electron chi connectivity index (χ2n) is 5.38. The van der Waals surface area contributed by atoms with E-state index in [4.69, 9.17) is 21.1 Å². The third kappa shape index (κ3) is 5.00. The van der Waals surface area contributed by atoms with E-state index in [1.165, 1.54) is 7.11 Å². The lowest BCUT2D eigenvalue weighted by molar-refractivity contribution is -0.146. The Kier molecular flexibility index (Phi) is 6.21. The van der Waals surface area contributed by atoms with Gasteiger partial charge in [-0.2, -0.15) is 0 Å². The van der Waals surface area contributed by atoms with Crippen molar-refractivity contribution in [2.75, 3.05) is 13.7 Å². The van der Waals surface area contributed by atoms with Gasteiger partial charge in [-0.1, -0.05) is 11.6 Å². The molecule has 0 unspecified atom stereocenters. The lowest BCUT2D eigenvalue weighted by Gasteiger charge is -2.27. The number of halogens is 1. The van der Waals surface area contributed by atoms with E-state index < -0.39 is 0 Å². The molecule has 6 heteroatoms. The molecule has 120 valence electrons. The first kappa shape index (κ1) is 16.8. The van der Waals surface area contributed by atoms with Crippen LogP contribution in [0.1, 0.15) is 25.7 Å². The predicted molar refractivity (Wildman–Crippen MR) is 82.9 cm³/mol. The molecular formula is C16H20ClNO4. The standard InChI is InChI=1S/C16H20ClNO4/c1-21-16(20)11-2-6-13(7-3-11)18-10-15(19)22-14-8-4-12(17)5-9-14/h4-5,8-9,11,13,18H,2-3,6-7,10H2,1H3/t11-,13-. The zero-order valence-electron chi connectivity index (χ0n) is 12.5. The number of hydrogen-bond donors (Lipinski definition) is 1. The van der Waals surface area contributed by atoms with Gasteiger partial charge in [0, 0.05) is 11.1 Å². The molecule has 0 saturated heterocycles. The second-order valence-corrected chi connectivity index (χ2v) is 5.82. The van der Waals surface area contributed by atoms with Gasteiger partial charge in [0.1, 0.15) is 5.75 Å². The highest BCUT2D eigenvalue weighted by molar-refractivity contribution is 6.30. The lowest BCUT2D eigenvalue weighted by Crippen LogP contribution is -2.39. The molecule has 22 heavy (non-hydrogen) atoms. The number of methoxy groups -OCH3 is 1. The largest absolute Gasteiger partial charge is 0.469 e. The van der Waals surface area contributed by atoms with E-state index in [1.807, 2.05) is 0 Å². The summed E-state index contributed by atoms with van der Waals surface area (Å²) < 4.78 is 9.96. The number of ether oxygens (including phenoxy) is 2. The summed E-state index contributed by atoms with van der Waals surface area (Å²) in [5, 5.41) is 3.78. The normalized spacial score (nSPS) is 21.2. The van der Waals surface area contributed by atoms with Crippen molar-refractivity contribution in [2.24, 2.45) is 5.92 Å². The van der Waals surface area contributed by atoms with Crippen LogP contribution in [0.15, 0.2) is 24.3 Å². The van der Waals surface area contributed by atoms with Crippen molar-refractivity contribution in [2.45, 2.75) is 31.7 Å². The summed E-state index contributed by atoms with van der Waals surface area (Å²) in [6.07, 6.45) is 3.29. The molecule has 5 nitrogen and oxygen atoms in total. The van der Waals surface area contributed by atoms with Gasteiger partial charge in [-0.25, -0.2) is 0 Å². The number of carbonyl (C=O) groups excluding carboxylic acids is 2. The summed E-state index contributed by atoms with van der Waals surface area (Å²) in [5.74, 6) is -0.00678. The van der Waals surface area contributed by atoms with E-state index in [0.717, 1.165) is 25.7 Å². The van der Waals surface area contributed by atoms with E-state index in [1.54, 1.807) is 24.3 Å². The molecule has 2 rings (SSSR count). The monoisotopic (exact) mass is 325 g/mol. The molecule has 0 aromatic heterocycles. The van der Waals surface area contributed by atoms with E-state index in [2.05, 4.69) is 5.32 Å². The van der Waals surface area contributed by atoms with E-state index in [0.29, 0.717) is 10.8 Å². The molecule has 1 aliphatic rings. The average Bonchev–Trinajstić information content (AvgIpc) is 2.55. The maximum atomic E-state index is 11.8. The van der Waals surface area contributed by atoms with E-state index >= 15 is 0 Å². The SMILES string of the molecule is COC(=O)[C@H]1CC[C@H](NCC(=O)Oc2ccc(Cl)cc2)CC1. The van der Waals surface area contributed by atoms with Crippen molar-refractivity contribution >= 4 is 23.5 Å². The third-order valence-corrected chi connectivity index (χ3v) is 4.09. The highest BCUT2D eigenvalue weighted by Gasteiger charge is 2.26. The van der Waals surface area contributed by atoms with Crippen LogP contribution in [0, 0.1) is 5.92 Å². The molecular weight excluding hydrogens is 306 g/mol. The van der Waals surface area contributed by atoms with Crippen molar-refractivity contribution in [3.8, 4) is 5.75 Å². The van der Waals surface area contributed by atoms with Crippen LogP contribution < -0.4 is 10.1 Å². The predicted octanol–water partition coefficient (Wildman–Crippen LogP) is 2.57. The van der Waals surface area contributed by atoms with Gasteiger partial charge in [0.05, 0.1) is 19.6 Å². The van der Waals surface area contributed by atoms with Crippen LogP contribution in [0.3, 0.4) is 0 Å². The number of benzene rings is 1. The van der Waals surface area contributed by atoms with Crippen LogP contribution >= 0.6 is 11.6 Å². The fourth-order valence-electron chi connectivity index (χ4n) is 2.60. The van der Waals surface area contributed by atoms with Gasteiger partial charge >= 0.3 is 11.9 Å². The quantitative estimate of drug-likeness (QED) is 0.666. The highest BCUT2D eigenvalue weighted by Crippen LogP contribution is 2.25. The van der Waals surface area contributed by atoms with Crippen LogP contribution in [0.2, 0.25) is 5.02 Å². The zero-order chi connectivity index (χ0) is 15.9. The molecule has 1 aromatic rings. The number of hydrogen-bond acceptors (Lipinski definition) is 5. The average molecular weight is 326 g/mol. The lowest BCUT2D eigenvalue weighted by atomic mass is 9.86. The zero-order valence-corrected chi connectivity index (χ0v) is 13.3. The topological polar surface area (TPSA) is 64.6 Å². The molecule has 0 heterocycles. The molecule has 0 bridgehead atoms. The van der Waals surface area contributed by atoms with Crippen LogP contribution in [0.4, 0.5) is 0 Å². The molecule has 1 fully saturated rings. The molecule has 1 saturated carbocycles. The van der Waals surface area contributed by atoms with Gasteiger partial charge in [0.15, 0.2) is 0 Å². The van der Waals surface area contributed by atoms with Gasteiger partial charge in [0.2, 0.25) is 0 Å². The fourth-order valence-corrected chi connectivity index (χ4v) is 2.72. The van der Waals surface area contributed by atoms with Gasteiger partial charge < -0.3 is 14.8 Å². The first-order valence-corrected chi connectivity index (χ1v) is 7.73. The van der Waals surface area contributed by atoms with Gasteiger partial charge in [-0.3, -0.25) is 9.59 Å².